The number of carboxylic acids is 1. The molecule has 0 aromatic heterocycles. The summed E-state index contributed by atoms with van der Waals surface area (Å²) < 4.78 is 29.0. The van der Waals surface area contributed by atoms with Crippen molar-refractivity contribution in [3.8, 4) is 5.75 Å². The average Bonchev–Trinajstić information content (AvgIpc) is 3.47. The van der Waals surface area contributed by atoms with Gasteiger partial charge in [0, 0.05) is 41.1 Å². The Balaban J connectivity index is 1.77. The van der Waals surface area contributed by atoms with E-state index in [9.17, 15) is 18.7 Å². The fourth-order valence-electron chi connectivity index (χ4n) is 5.87. The summed E-state index contributed by atoms with van der Waals surface area (Å²) in [6.07, 6.45) is 11.6. The molecule has 1 fully saturated rings. The van der Waals surface area contributed by atoms with Crippen molar-refractivity contribution in [3.05, 3.63) is 48.7 Å². The van der Waals surface area contributed by atoms with Crippen LogP contribution < -0.4 is 15.0 Å². The highest BCUT2D eigenvalue weighted by Gasteiger charge is 2.42. The number of hydrogen-bond acceptors (Lipinski definition) is 7. The molecule has 0 spiro atoms. The zero-order valence-electron chi connectivity index (χ0n) is 24.1. The van der Waals surface area contributed by atoms with E-state index in [1.807, 2.05) is 36.6 Å². The molecule has 2 aromatic rings. The van der Waals surface area contributed by atoms with Crippen LogP contribution in [0.5, 0.6) is 5.75 Å². The Bertz CT molecular complexity index is 1260. The van der Waals surface area contributed by atoms with Gasteiger partial charge in [0.25, 0.3) is 0 Å². The van der Waals surface area contributed by atoms with Gasteiger partial charge >= 0.3 is 5.97 Å². The molecule has 8 nitrogen and oxygen atoms in total. The quantitative estimate of drug-likeness (QED) is 0.115. The minimum Gasteiger partial charge on any atom is -0.478 e. The second kappa shape index (κ2) is 13.5. The number of carbonyl (C=O) groups is 2. The SMILES string of the molecule is CCCCC1(CC)CN(c2ccc(NC(=O)C3CCCC3)cc2)c2cc(SC)c(OC=CC(=O)O)cc2S(O)(O)C1. The van der Waals surface area contributed by atoms with Crippen LogP contribution in [0, 0.1) is 11.3 Å². The Morgan fingerprint density at radius 1 is 1.17 bits per heavy atom. The maximum Gasteiger partial charge on any atom is 0.331 e. The fourth-order valence-corrected chi connectivity index (χ4v) is 8.66. The molecule has 1 atom stereocenters. The lowest BCUT2D eigenvalue weighted by Crippen LogP contribution is -2.37. The molecule has 4 N–H and O–H groups in total. The van der Waals surface area contributed by atoms with Crippen LogP contribution in [0.25, 0.3) is 0 Å². The van der Waals surface area contributed by atoms with E-state index >= 15 is 0 Å². The molecule has 1 aliphatic carbocycles. The molecule has 10 heteroatoms. The molecule has 1 heterocycles. The molecule has 2 aromatic carbocycles. The number of hydrogen-bond donors (Lipinski definition) is 4. The molecule has 1 amide bonds. The lowest BCUT2D eigenvalue weighted by molar-refractivity contribution is -0.131. The molecule has 1 saturated carbocycles. The number of carboxylic acid groups (broad SMARTS) is 1. The lowest BCUT2D eigenvalue weighted by Gasteiger charge is -2.41. The highest BCUT2D eigenvalue weighted by molar-refractivity contribution is 8.24. The van der Waals surface area contributed by atoms with Gasteiger partial charge < -0.3 is 20.1 Å². The maximum atomic E-state index is 12.7. The van der Waals surface area contributed by atoms with Crippen LogP contribution >= 0.6 is 22.4 Å². The minimum atomic E-state index is -3.22. The first kappa shape index (κ1) is 31.3. The molecule has 41 heavy (non-hydrogen) atoms. The van der Waals surface area contributed by atoms with E-state index in [2.05, 4.69) is 24.1 Å². The van der Waals surface area contributed by atoms with Gasteiger partial charge in [-0.25, -0.2) is 4.79 Å². The molecular formula is C31H42N2O6S2. The van der Waals surface area contributed by atoms with E-state index in [0.717, 1.165) is 80.0 Å². The van der Waals surface area contributed by atoms with E-state index in [1.54, 1.807) is 6.07 Å². The third-order valence-electron chi connectivity index (χ3n) is 8.28. The van der Waals surface area contributed by atoms with Gasteiger partial charge in [-0.3, -0.25) is 13.9 Å². The first-order valence-corrected chi connectivity index (χ1v) is 17.3. The zero-order valence-corrected chi connectivity index (χ0v) is 25.7. The Morgan fingerprint density at radius 3 is 2.49 bits per heavy atom. The van der Waals surface area contributed by atoms with Crippen LogP contribution in [0.2, 0.25) is 0 Å². The standard InChI is InChI=1S/C31H42N2O6S2/c1-4-6-16-31(5-2)20-33(24-13-11-23(12-14-24)32-30(36)22-9-7-8-10-22)25-18-27(40-3)26(39-17-15-29(34)35)19-28(25)41(37,38)21-31/h11-15,17-19,22,37-38H,4-10,16,20-21H2,1-3H3,(H,32,36)(H,34,35). The molecule has 2 aliphatic rings. The summed E-state index contributed by atoms with van der Waals surface area (Å²) in [7, 11) is -3.22. The molecule has 224 valence electrons. The van der Waals surface area contributed by atoms with Crippen molar-refractivity contribution in [2.45, 2.75) is 75.0 Å². The Hall–Kier alpha value is -2.66. The summed E-state index contributed by atoms with van der Waals surface area (Å²) in [5, 5.41) is 12.1. The van der Waals surface area contributed by atoms with Crippen molar-refractivity contribution in [1.82, 2.24) is 0 Å². The van der Waals surface area contributed by atoms with Crippen molar-refractivity contribution in [3.63, 3.8) is 0 Å². The topological polar surface area (TPSA) is 119 Å². The van der Waals surface area contributed by atoms with E-state index < -0.39 is 16.6 Å². The minimum absolute atomic E-state index is 0.0722. The van der Waals surface area contributed by atoms with Gasteiger partial charge in [0.2, 0.25) is 5.91 Å². The van der Waals surface area contributed by atoms with Crippen LogP contribution in [0.15, 0.2) is 58.5 Å². The molecular weight excluding hydrogens is 560 g/mol. The average molecular weight is 603 g/mol. The van der Waals surface area contributed by atoms with Crippen LogP contribution in [-0.4, -0.2) is 44.6 Å². The van der Waals surface area contributed by atoms with Gasteiger partial charge in [-0.15, -0.1) is 11.8 Å². The second-order valence-corrected chi connectivity index (χ2v) is 14.0. The molecule has 1 aliphatic heterocycles. The summed E-state index contributed by atoms with van der Waals surface area (Å²) in [5.41, 5.74) is 1.99. The summed E-state index contributed by atoms with van der Waals surface area (Å²) in [4.78, 5) is 27.0. The normalized spacial score (nSPS) is 21.3. The monoisotopic (exact) mass is 602 g/mol. The molecule has 0 bridgehead atoms. The number of amides is 1. The van der Waals surface area contributed by atoms with Gasteiger partial charge in [0.1, 0.15) is 5.75 Å². The highest BCUT2D eigenvalue weighted by atomic mass is 32.3. The lowest BCUT2D eigenvalue weighted by atomic mass is 9.81. The number of aliphatic carboxylic acids is 1. The molecule has 0 saturated heterocycles. The molecule has 4 rings (SSSR count). The Morgan fingerprint density at radius 2 is 1.88 bits per heavy atom. The highest BCUT2D eigenvalue weighted by Crippen LogP contribution is 2.62. The van der Waals surface area contributed by atoms with Crippen LogP contribution in [0.4, 0.5) is 17.1 Å². The van der Waals surface area contributed by atoms with Crippen molar-refractivity contribution >= 4 is 51.3 Å². The van der Waals surface area contributed by atoms with Crippen molar-refractivity contribution in [1.29, 1.82) is 0 Å². The largest absolute Gasteiger partial charge is 0.478 e. The smallest absolute Gasteiger partial charge is 0.331 e. The van der Waals surface area contributed by atoms with Crippen molar-refractivity contribution in [2.24, 2.45) is 11.3 Å². The third kappa shape index (κ3) is 7.41. The number of nitrogens with zero attached hydrogens (tertiary/aromatic N) is 1. The van der Waals surface area contributed by atoms with Crippen LogP contribution in [-0.2, 0) is 9.59 Å². The van der Waals surface area contributed by atoms with E-state index in [1.165, 1.54) is 11.8 Å². The first-order valence-electron chi connectivity index (χ1n) is 14.3. The van der Waals surface area contributed by atoms with Crippen molar-refractivity contribution < 1.29 is 28.5 Å². The third-order valence-corrected chi connectivity index (χ3v) is 11.1. The maximum absolute atomic E-state index is 12.7. The molecule has 1 unspecified atom stereocenters. The molecule has 0 radical (unpaired) electrons. The Labute approximate surface area is 248 Å². The fraction of sp³-hybridized carbons (Fsp3) is 0.484. The van der Waals surface area contributed by atoms with Gasteiger partial charge in [0.05, 0.1) is 27.8 Å². The number of unbranched alkanes of at least 4 members (excludes halogenated alkanes) is 1. The summed E-state index contributed by atoms with van der Waals surface area (Å²) in [5.74, 6) is -0.377. The summed E-state index contributed by atoms with van der Waals surface area (Å²) >= 11 is 1.44. The summed E-state index contributed by atoms with van der Waals surface area (Å²) in [6, 6.07) is 11.3. The number of fused-ring (bicyclic) bond motifs is 1. The number of rotatable bonds is 11. The van der Waals surface area contributed by atoms with Crippen LogP contribution in [0.3, 0.4) is 0 Å². The van der Waals surface area contributed by atoms with E-state index in [4.69, 9.17) is 9.84 Å². The Kier molecular flexibility index (Phi) is 10.3. The first-order chi connectivity index (χ1) is 19.6. The van der Waals surface area contributed by atoms with Crippen LogP contribution in [0.1, 0.15) is 65.2 Å². The number of benzene rings is 2. The van der Waals surface area contributed by atoms with Gasteiger partial charge in [0.15, 0.2) is 0 Å². The second-order valence-electron chi connectivity index (χ2n) is 11.1. The zero-order chi connectivity index (χ0) is 29.6. The number of nitrogens with one attached hydrogen (secondary N) is 1. The van der Waals surface area contributed by atoms with Crippen molar-refractivity contribution in [2.75, 3.05) is 28.8 Å². The predicted octanol–water partition coefficient (Wildman–Crippen LogP) is 8.36. The van der Waals surface area contributed by atoms with E-state index in [0.29, 0.717) is 22.9 Å². The number of anilines is 3. The number of ether oxygens (including phenoxy) is 1. The number of thioether (sulfide) groups is 1. The van der Waals surface area contributed by atoms with Gasteiger partial charge in [-0.1, -0.05) is 39.5 Å². The van der Waals surface area contributed by atoms with Gasteiger partial charge in [-0.2, -0.15) is 10.6 Å². The summed E-state index contributed by atoms with van der Waals surface area (Å²) in [6.45, 7) is 4.86. The van der Waals surface area contributed by atoms with Gasteiger partial charge in [-0.05, 0) is 62.3 Å². The predicted molar refractivity (Wildman–Crippen MR) is 168 cm³/mol. The number of carbonyl (C=O) groups excluding carboxylic acids is 1. The van der Waals surface area contributed by atoms with E-state index in [-0.39, 0.29) is 23.0 Å².